The highest BCUT2D eigenvalue weighted by molar-refractivity contribution is 7.99. The van der Waals surface area contributed by atoms with Crippen molar-refractivity contribution in [2.75, 3.05) is 5.32 Å². The topological polar surface area (TPSA) is 101 Å². The van der Waals surface area contributed by atoms with Crippen LogP contribution in [0.25, 0.3) is 11.8 Å². The van der Waals surface area contributed by atoms with Gasteiger partial charge < -0.3 is 9.88 Å². The zero-order valence-electron chi connectivity index (χ0n) is 15.7. The molecule has 0 fully saturated rings. The van der Waals surface area contributed by atoms with E-state index in [1.54, 1.807) is 35.0 Å². The van der Waals surface area contributed by atoms with Gasteiger partial charge in [-0.1, -0.05) is 11.8 Å². The van der Waals surface area contributed by atoms with E-state index in [0.717, 1.165) is 0 Å². The van der Waals surface area contributed by atoms with Crippen molar-refractivity contribution in [1.29, 1.82) is 5.26 Å². The highest BCUT2D eigenvalue weighted by Gasteiger charge is 2.13. The van der Waals surface area contributed by atoms with E-state index in [1.165, 1.54) is 42.5 Å². The lowest BCUT2D eigenvalue weighted by atomic mass is 10.2. The van der Waals surface area contributed by atoms with E-state index < -0.39 is 16.6 Å². The Morgan fingerprint density at radius 3 is 2.42 bits per heavy atom. The Balaban J connectivity index is 1.79. The second kappa shape index (κ2) is 9.69. The van der Waals surface area contributed by atoms with E-state index in [2.05, 4.69) is 5.32 Å². The summed E-state index contributed by atoms with van der Waals surface area (Å²) in [7, 11) is 0. The second-order valence-corrected chi connectivity index (χ2v) is 7.17. The molecule has 31 heavy (non-hydrogen) atoms. The van der Waals surface area contributed by atoms with Crippen LogP contribution >= 0.6 is 11.8 Å². The van der Waals surface area contributed by atoms with Gasteiger partial charge in [-0.3, -0.25) is 14.9 Å². The molecule has 10 heteroatoms. The smallest absolute Gasteiger partial charge is 0.288 e. The normalized spacial score (nSPS) is 11.2. The van der Waals surface area contributed by atoms with Gasteiger partial charge >= 0.3 is 0 Å². The van der Waals surface area contributed by atoms with Crippen LogP contribution in [-0.2, 0) is 4.79 Å². The van der Waals surface area contributed by atoms with E-state index in [-0.39, 0.29) is 11.3 Å². The highest BCUT2D eigenvalue weighted by Crippen LogP contribution is 2.26. The van der Waals surface area contributed by atoms with Gasteiger partial charge in [-0.25, -0.2) is 0 Å². The molecule has 0 radical (unpaired) electrons. The summed E-state index contributed by atoms with van der Waals surface area (Å²) < 4.78 is 26.5. The van der Waals surface area contributed by atoms with Gasteiger partial charge in [0.15, 0.2) is 0 Å². The van der Waals surface area contributed by atoms with Crippen molar-refractivity contribution in [3.05, 3.63) is 88.2 Å². The maximum absolute atomic E-state index is 12.5. The zero-order chi connectivity index (χ0) is 22.4. The van der Waals surface area contributed by atoms with Crippen molar-refractivity contribution in [3.63, 3.8) is 0 Å². The molecule has 1 heterocycles. The Kier molecular flexibility index (Phi) is 6.79. The lowest BCUT2D eigenvalue weighted by molar-refractivity contribution is -0.384. The summed E-state index contributed by atoms with van der Waals surface area (Å²) in [4.78, 5) is 23.2. The fraction of sp³-hybridized carbons (Fsp3) is 0.0476. The summed E-state index contributed by atoms with van der Waals surface area (Å²) in [5.41, 5.74) is 1.27. The molecular formula is C21H14F2N4O3S. The number of non-ortho nitro benzene ring substituents is 1. The van der Waals surface area contributed by atoms with E-state index in [4.69, 9.17) is 0 Å². The van der Waals surface area contributed by atoms with Crippen LogP contribution in [0.3, 0.4) is 0 Å². The van der Waals surface area contributed by atoms with Gasteiger partial charge in [-0.2, -0.15) is 14.0 Å². The Morgan fingerprint density at radius 2 is 1.84 bits per heavy atom. The third-order valence-corrected chi connectivity index (χ3v) is 4.84. The minimum absolute atomic E-state index is 0.0527. The number of alkyl halides is 2. The molecule has 0 atom stereocenters. The van der Waals surface area contributed by atoms with E-state index in [1.807, 2.05) is 6.07 Å². The third-order valence-electron chi connectivity index (χ3n) is 4.11. The number of hydrogen-bond acceptors (Lipinski definition) is 5. The Labute approximate surface area is 179 Å². The largest absolute Gasteiger partial charge is 0.321 e. The first kappa shape index (κ1) is 21.7. The van der Waals surface area contributed by atoms with E-state index in [9.17, 15) is 29.0 Å². The van der Waals surface area contributed by atoms with Gasteiger partial charge in [0.1, 0.15) is 11.6 Å². The monoisotopic (exact) mass is 440 g/mol. The molecule has 0 saturated carbocycles. The second-order valence-electron chi connectivity index (χ2n) is 6.10. The lowest BCUT2D eigenvalue weighted by Gasteiger charge is -2.08. The molecule has 156 valence electrons. The summed E-state index contributed by atoms with van der Waals surface area (Å²) in [5.74, 6) is -3.20. The number of nitrogens with zero attached hydrogens (tertiary/aromatic N) is 3. The molecule has 3 rings (SSSR count). The fourth-order valence-corrected chi connectivity index (χ4v) is 3.20. The van der Waals surface area contributed by atoms with Crippen LogP contribution in [0.1, 0.15) is 5.69 Å². The summed E-state index contributed by atoms with van der Waals surface area (Å²) >= 11 is 0.392. The minimum atomic E-state index is -2.54. The number of nitro benzene ring substituents is 1. The van der Waals surface area contributed by atoms with Crippen molar-refractivity contribution in [2.24, 2.45) is 0 Å². The number of halogens is 2. The number of nitriles is 1. The van der Waals surface area contributed by atoms with Crippen LogP contribution in [0, 0.1) is 21.4 Å². The molecule has 0 aliphatic carbocycles. The molecule has 0 aliphatic rings. The first-order valence-electron chi connectivity index (χ1n) is 8.77. The predicted octanol–water partition coefficient (Wildman–Crippen LogP) is 5.25. The Morgan fingerprint density at radius 1 is 1.16 bits per heavy atom. The highest BCUT2D eigenvalue weighted by atomic mass is 32.2. The van der Waals surface area contributed by atoms with Crippen LogP contribution in [0.4, 0.5) is 20.2 Å². The number of nitrogens with one attached hydrogen (secondary N) is 1. The molecular weight excluding hydrogens is 426 g/mol. The number of carbonyl (C=O) groups excluding carboxylic acids is 1. The van der Waals surface area contributed by atoms with Crippen LogP contribution in [0.5, 0.6) is 0 Å². The molecule has 0 bridgehead atoms. The van der Waals surface area contributed by atoms with Crippen molar-refractivity contribution in [1.82, 2.24) is 4.57 Å². The lowest BCUT2D eigenvalue weighted by Crippen LogP contribution is -2.13. The number of thioether (sulfide) groups is 1. The Bertz CT molecular complexity index is 1170. The third kappa shape index (κ3) is 5.55. The number of nitro groups is 1. The fourth-order valence-electron chi connectivity index (χ4n) is 2.70. The first-order chi connectivity index (χ1) is 14.9. The number of aromatic nitrogens is 1. The predicted molar refractivity (Wildman–Crippen MR) is 113 cm³/mol. The van der Waals surface area contributed by atoms with Crippen LogP contribution in [0.2, 0.25) is 0 Å². The van der Waals surface area contributed by atoms with E-state index in [0.29, 0.717) is 33.7 Å². The summed E-state index contributed by atoms with van der Waals surface area (Å²) in [6.07, 6.45) is 3.08. The number of anilines is 1. The summed E-state index contributed by atoms with van der Waals surface area (Å²) in [5, 5.41) is 22.8. The van der Waals surface area contributed by atoms with Gasteiger partial charge in [-0.05, 0) is 54.6 Å². The zero-order valence-corrected chi connectivity index (χ0v) is 16.6. The van der Waals surface area contributed by atoms with E-state index >= 15 is 0 Å². The van der Waals surface area contributed by atoms with Gasteiger partial charge in [-0.15, -0.1) is 0 Å². The molecule has 0 saturated heterocycles. The molecule has 7 nitrogen and oxygen atoms in total. The van der Waals surface area contributed by atoms with Gasteiger partial charge in [0.2, 0.25) is 0 Å². The molecule has 3 aromatic rings. The first-order valence-corrected chi connectivity index (χ1v) is 9.65. The Hall–Kier alpha value is -3.97. The quantitative estimate of drug-likeness (QED) is 0.178. The molecule has 0 unspecified atom stereocenters. The van der Waals surface area contributed by atoms with Gasteiger partial charge in [0, 0.05) is 40.3 Å². The average molecular weight is 440 g/mol. The summed E-state index contributed by atoms with van der Waals surface area (Å²) in [6, 6.07) is 16.9. The maximum Gasteiger partial charge on any atom is 0.288 e. The minimum Gasteiger partial charge on any atom is -0.321 e. The number of hydrogen-bond donors (Lipinski definition) is 1. The number of amides is 1. The number of benzene rings is 2. The van der Waals surface area contributed by atoms with Crippen molar-refractivity contribution in [3.8, 4) is 11.8 Å². The molecule has 0 aliphatic heterocycles. The molecule has 1 amide bonds. The standard InChI is InChI=1S/C21H14F2N4O3S/c22-21(23)31-19-9-3-15(4-10-19)25-20(28)14(13-24)12-18-2-1-11-26(18)16-5-7-17(8-6-16)27(29)30/h1-12,21H,(H,25,28)/b14-12+. The van der Waals surface area contributed by atoms with Gasteiger partial charge in [0.05, 0.1) is 4.92 Å². The van der Waals surface area contributed by atoms with Crippen LogP contribution in [0.15, 0.2) is 77.3 Å². The van der Waals surface area contributed by atoms with Crippen molar-refractivity contribution >= 4 is 35.1 Å². The maximum atomic E-state index is 12.5. The molecule has 1 N–H and O–H groups in total. The van der Waals surface area contributed by atoms with Gasteiger partial charge in [0.25, 0.3) is 17.4 Å². The van der Waals surface area contributed by atoms with Crippen LogP contribution in [-0.4, -0.2) is 21.2 Å². The van der Waals surface area contributed by atoms with Crippen LogP contribution < -0.4 is 5.32 Å². The number of rotatable bonds is 7. The van der Waals surface area contributed by atoms with Crippen molar-refractivity contribution < 1.29 is 18.5 Å². The SMILES string of the molecule is N#C/C(=C\c1cccn1-c1ccc([N+](=O)[O-])cc1)C(=O)Nc1ccc(SC(F)F)cc1. The molecule has 2 aromatic carbocycles. The molecule has 1 aromatic heterocycles. The number of carbonyl (C=O) groups is 1. The average Bonchev–Trinajstić information content (AvgIpc) is 3.21. The van der Waals surface area contributed by atoms with Crippen molar-refractivity contribution in [2.45, 2.75) is 10.7 Å². The molecule has 0 spiro atoms. The summed E-state index contributed by atoms with van der Waals surface area (Å²) in [6.45, 7) is 0.